The Kier molecular flexibility index (Phi) is 10.3. The summed E-state index contributed by atoms with van der Waals surface area (Å²) >= 11 is 0. The number of benzene rings is 3. The second-order valence-corrected chi connectivity index (χ2v) is 11.6. The highest BCUT2D eigenvalue weighted by atomic mass is 32.2. The lowest BCUT2D eigenvalue weighted by Gasteiger charge is -2.34. The fourth-order valence-corrected chi connectivity index (χ4v) is 5.99. The molecule has 0 fully saturated rings. The van der Waals surface area contributed by atoms with E-state index in [2.05, 4.69) is 5.32 Å². The fourth-order valence-electron chi connectivity index (χ4n) is 4.50. The molecule has 3 aromatic rings. The average Bonchev–Trinajstić information content (AvgIpc) is 2.93. The number of sulfonamides is 1. The first-order chi connectivity index (χ1) is 18.6. The van der Waals surface area contributed by atoms with Crippen molar-refractivity contribution >= 4 is 27.5 Å². The quantitative estimate of drug-likeness (QED) is 0.339. The molecule has 8 heteroatoms. The van der Waals surface area contributed by atoms with Gasteiger partial charge in [0.05, 0.1) is 10.6 Å². The van der Waals surface area contributed by atoms with Crippen LogP contribution in [-0.2, 0) is 26.2 Å². The Bertz CT molecular complexity index is 1390. The molecule has 1 N–H and O–H groups in total. The van der Waals surface area contributed by atoms with Crippen LogP contribution in [0.2, 0.25) is 0 Å². The monoisotopic (exact) mass is 549 g/mol. The lowest BCUT2D eigenvalue weighted by atomic mass is 10.1. The van der Waals surface area contributed by atoms with Crippen LogP contribution < -0.4 is 9.62 Å². The molecule has 208 valence electrons. The second kappa shape index (κ2) is 13.4. The molecule has 0 bridgehead atoms. The number of hydrogen-bond acceptors (Lipinski definition) is 4. The lowest BCUT2D eigenvalue weighted by Crippen LogP contribution is -2.52. The Labute approximate surface area is 232 Å². The summed E-state index contributed by atoms with van der Waals surface area (Å²) in [6.45, 7) is 9.79. The molecule has 7 nitrogen and oxygen atoms in total. The van der Waals surface area contributed by atoms with Crippen molar-refractivity contribution in [2.45, 2.75) is 64.9 Å². The standard InChI is InChI=1S/C31H39N3O4S/c1-6-20-32-31(36)28(7-2)33(21-26-16-12-11-14-24(26)4)30(35)22-34(29-19-13-15-23(3)25(29)5)39(37,38)27-17-9-8-10-18-27/h8-19,28H,6-7,20-22H2,1-5H3,(H,32,36). The topological polar surface area (TPSA) is 86.8 Å². The molecule has 1 unspecified atom stereocenters. The Hall–Kier alpha value is -3.65. The molecular weight excluding hydrogens is 510 g/mol. The third kappa shape index (κ3) is 7.06. The molecule has 0 aliphatic rings. The van der Waals surface area contributed by atoms with Crippen molar-refractivity contribution in [2.75, 3.05) is 17.4 Å². The van der Waals surface area contributed by atoms with E-state index in [0.29, 0.717) is 18.7 Å². The predicted molar refractivity (Wildman–Crippen MR) is 156 cm³/mol. The summed E-state index contributed by atoms with van der Waals surface area (Å²) in [7, 11) is -4.08. The average molecular weight is 550 g/mol. The minimum absolute atomic E-state index is 0.0943. The summed E-state index contributed by atoms with van der Waals surface area (Å²) in [6, 6.07) is 20.5. The first kappa shape index (κ1) is 29.9. The molecule has 2 amide bonds. The molecule has 3 aromatic carbocycles. The molecule has 0 aliphatic heterocycles. The third-order valence-electron chi connectivity index (χ3n) is 6.99. The highest BCUT2D eigenvalue weighted by molar-refractivity contribution is 7.92. The lowest BCUT2D eigenvalue weighted by molar-refractivity contribution is -0.140. The minimum atomic E-state index is -4.08. The maximum absolute atomic E-state index is 14.1. The molecule has 0 saturated carbocycles. The summed E-state index contributed by atoms with van der Waals surface area (Å²) < 4.78 is 29.1. The zero-order valence-corrected chi connectivity index (χ0v) is 24.3. The van der Waals surface area contributed by atoms with Crippen molar-refractivity contribution in [1.82, 2.24) is 10.2 Å². The van der Waals surface area contributed by atoms with Gasteiger partial charge in [0.1, 0.15) is 12.6 Å². The van der Waals surface area contributed by atoms with Gasteiger partial charge < -0.3 is 10.2 Å². The normalized spacial score (nSPS) is 12.0. The molecule has 0 saturated heterocycles. The Morgan fingerprint density at radius 1 is 0.846 bits per heavy atom. The van der Waals surface area contributed by atoms with Gasteiger partial charge in [0.2, 0.25) is 11.8 Å². The van der Waals surface area contributed by atoms with Crippen molar-refractivity contribution in [3.05, 3.63) is 95.1 Å². The molecule has 39 heavy (non-hydrogen) atoms. The van der Waals surface area contributed by atoms with Crippen LogP contribution in [0.15, 0.2) is 77.7 Å². The van der Waals surface area contributed by atoms with Crippen LogP contribution in [-0.4, -0.2) is 44.3 Å². The summed E-state index contributed by atoms with van der Waals surface area (Å²) in [5.74, 6) is -0.692. The van der Waals surface area contributed by atoms with Crippen LogP contribution in [0.5, 0.6) is 0 Å². The van der Waals surface area contributed by atoms with Crippen molar-refractivity contribution in [3.8, 4) is 0 Å². The van der Waals surface area contributed by atoms with E-state index in [1.165, 1.54) is 21.3 Å². The van der Waals surface area contributed by atoms with Gasteiger partial charge >= 0.3 is 0 Å². The van der Waals surface area contributed by atoms with Crippen LogP contribution in [0.4, 0.5) is 5.69 Å². The Balaban J connectivity index is 2.09. The van der Waals surface area contributed by atoms with Crippen LogP contribution >= 0.6 is 0 Å². The van der Waals surface area contributed by atoms with Gasteiger partial charge in [0.15, 0.2) is 0 Å². The van der Waals surface area contributed by atoms with Gasteiger partial charge in [-0.3, -0.25) is 13.9 Å². The third-order valence-corrected chi connectivity index (χ3v) is 8.77. The Morgan fingerprint density at radius 3 is 2.13 bits per heavy atom. The van der Waals surface area contributed by atoms with Gasteiger partial charge in [-0.1, -0.05) is 68.4 Å². The zero-order chi connectivity index (χ0) is 28.6. The molecule has 0 heterocycles. The van der Waals surface area contributed by atoms with Crippen molar-refractivity contribution in [1.29, 1.82) is 0 Å². The number of carbonyl (C=O) groups is 2. The Morgan fingerprint density at radius 2 is 1.49 bits per heavy atom. The molecule has 0 aromatic heterocycles. The summed E-state index contributed by atoms with van der Waals surface area (Å²) in [5.41, 5.74) is 4.00. The van der Waals surface area contributed by atoms with Crippen LogP contribution in [0.3, 0.4) is 0 Å². The van der Waals surface area contributed by atoms with Crippen LogP contribution in [0, 0.1) is 20.8 Å². The molecule has 0 radical (unpaired) electrons. The maximum Gasteiger partial charge on any atom is 0.264 e. The second-order valence-electron chi connectivity index (χ2n) is 9.71. The van der Waals surface area contributed by atoms with Crippen molar-refractivity contribution in [2.24, 2.45) is 0 Å². The van der Waals surface area contributed by atoms with E-state index in [-0.39, 0.29) is 17.3 Å². The SMILES string of the molecule is CCCNC(=O)C(CC)N(Cc1ccccc1C)C(=O)CN(c1cccc(C)c1C)S(=O)(=O)c1ccccc1. The number of hydrogen-bond donors (Lipinski definition) is 1. The number of anilines is 1. The maximum atomic E-state index is 14.1. The van der Waals surface area contributed by atoms with E-state index in [9.17, 15) is 18.0 Å². The van der Waals surface area contributed by atoms with Gasteiger partial charge in [-0.15, -0.1) is 0 Å². The van der Waals surface area contributed by atoms with Gasteiger partial charge in [-0.2, -0.15) is 0 Å². The number of nitrogens with one attached hydrogen (secondary N) is 1. The van der Waals surface area contributed by atoms with Gasteiger partial charge in [-0.05, 0) is 74.1 Å². The number of rotatable bonds is 12. The van der Waals surface area contributed by atoms with Crippen LogP contribution in [0.25, 0.3) is 0 Å². The number of amides is 2. The molecule has 0 aliphatic carbocycles. The van der Waals surface area contributed by atoms with E-state index in [1.54, 1.807) is 30.3 Å². The molecule has 0 spiro atoms. The summed E-state index contributed by atoms with van der Waals surface area (Å²) in [4.78, 5) is 28.9. The highest BCUT2D eigenvalue weighted by Crippen LogP contribution is 2.29. The number of carbonyl (C=O) groups excluding carboxylic acids is 2. The number of aryl methyl sites for hydroxylation is 2. The summed E-state index contributed by atoms with van der Waals surface area (Å²) in [6.07, 6.45) is 1.16. The molecule has 3 rings (SSSR count). The zero-order valence-electron chi connectivity index (χ0n) is 23.5. The van der Waals surface area contributed by atoms with Crippen LogP contribution in [0.1, 0.15) is 48.9 Å². The summed E-state index contributed by atoms with van der Waals surface area (Å²) in [5, 5.41) is 2.91. The van der Waals surface area contributed by atoms with E-state index in [1.807, 2.05) is 65.0 Å². The van der Waals surface area contributed by atoms with E-state index in [0.717, 1.165) is 28.7 Å². The van der Waals surface area contributed by atoms with Crippen molar-refractivity contribution < 1.29 is 18.0 Å². The predicted octanol–water partition coefficient (Wildman–Crippen LogP) is 5.14. The molecule has 1 atom stereocenters. The number of nitrogens with zero attached hydrogens (tertiary/aromatic N) is 2. The smallest absolute Gasteiger partial charge is 0.264 e. The fraction of sp³-hybridized carbons (Fsp3) is 0.355. The van der Waals surface area contributed by atoms with Gasteiger partial charge in [0.25, 0.3) is 10.0 Å². The first-order valence-corrected chi connectivity index (χ1v) is 14.8. The van der Waals surface area contributed by atoms with Gasteiger partial charge in [-0.25, -0.2) is 8.42 Å². The molecular formula is C31H39N3O4S. The van der Waals surface area contributed by atoms with Crippen molar-refractivity contribution in [3.63, 3.8) is 0 Å². The van der Waals surface area contributed by atoms with E-state index >= 15 is 0 Å². The van der Waals surface area contributed by atoms with Gasteiger partial charge in [0, 0.05) is 13.1 Å². The van der Waals surface area contributed by atoms with E-state index < -0.39 is 28.5 Å². The highest BCUT2D eigenvalue weighted by Gasteiger charge is 2.34. The minimum Gasteiger partial charge on any atom is -0.354 e. The first-order valence-electron chi connectivity index (χ1n) is 13.4. The largest absolute Gasteiger partial charge is 0.354 e. The van der Waals surface area contributed by atoms with E-state index in [4.69, 9.17) is 0 Å².